The van der Waals surface area contributed by atoms with E-state index in [0.29, 0.717) is 25.3 Å². The monoisotopic (exact) mass is 312 g/mol. The highest BCUT2D eigenvalue weighted by atomic mass is 16.5. The lowest BCUT2D eigenvalue weighted by Gasteiger charge is -2.11. The average Bonchev–Trinajstić information content (AvgIpc) is 3.05. The second kappa shape index (κ2) is 7.24. The SMILES string of the molecule is O=C(C[C@H]1CCCO1)Nc1cccn(Cc2ccccc2)c1=O. The van der Waals surface area contributed by atoms with Gasteiger partial charge >= 0.3 is 0 Å². The van der Waals surface area contributed by atoms with Gasteiger partial charge in [0.05, 0.1) is 19.1 Å². The summed E-state index contributed by atoms with van der Waals surface area (Å²) in [4.78, 5) is 24.5. The minimum atomic E-state index is -0.197. The van der Waals surface area contributed by atoms with Crippen LogP contribution in [0.5, 0.6) is 0 Å². The van der Waals surface area contributed by atoms with Crippen molar-refractivity contribution < 1.29 is 9.53 Å². The molecule has 1 aliphatic heterocycles. The van der Waals surface area contributed by atoms with Crippen molar-refractivity contribution in [3.05, 3.63) is 64.6 Å². The van der Waals surface area contributed by atoms with Crippen molar-refractivity contribution in [1.29, 1.82) is 0 Å². The molecule has 1 atom stereocenters. The van der Waals surface area contributed by atoms with Crippen LogP contribution >= 0.6 is 0 Å². The molecule has 1 N–H and O–H groups in total. The number of aromatic nitrogens is 1. The summed E-state index contributed by atoms with van der Waals surface area (Å²) in [7, 11) is 0. The van der Waals surface area contributed by atoms with Crippen molar-refractivity contribution in [2.24, 2.45) is 0 Å². The fraction of sp³-hybridized carbons (Fsp3) is 0.333. The number of nitrogens with zero attached hydrogens (tertiary/aromatic N) is 1. The molecule has 23 heavy (non-hydrogen) atoms. The van der Waals surface area contributed by atoms with Crippen LogP contribution in [0.3, 0.4) is 0 Å². The van der Waals surface area contributed by atoms with Crippen LogP contribution in [0.15, 0.2) is 53.5 Å². The van der Waals surface area contributed by atoms with E-state index in [2.05, 4.69) is 5.32 Å². The van der Waals surface area contributed by atoms with Crippen LogP contribution in [0.1, 0.15) is 24.8 Å². The summed E-state index contributed by atoms with van der Waals surface area (Å²) < 4.78 is 7.04. The maximum Gasteiger partial charge on any atom is 0.274 e. The predicted octanol–water partition coefficient (Wildman–Crippen LogP) is 2.40. The Bertz CT molecular complexity index is 719. The summed E-state index contributed by atoms with van der Waals surface area (Å²) in [6.07, 6.45) is 3.90. The largest absolute Gasteiger partial charge is 0.378 e. The topological polar surface area (TPSA) is 60.3 Å². The molecular weight excluding hydrogens is 292 g/mol. The van der Waals surface area contributed by atoms with Gasteiger partial charge in [0.15, 0.2) is 0 Å². The lowest BCUT2D eigenvalue weighted by atomic mass is 10.2. The summed E-state index contributed by atoms with van der Waals surface area (Å²) in [6, 6.07) is 13.2. The highest BCUT2D eigenvalue weighted by Crippen LogP contribution is 2.15. The first-order chi connectivity index (χ1) is 11.2. The fourth-order valence-corrected chi connectivity index (χ4v) is 2.75. The predicted molar refractivity (Wildman–Crippen MR) is 88.5 cm³/mol. The molecule has 5 heteroatoms. The molecule has 1 aromatic carbocycles. The van der Waals surface area contributed by atoms with Crippen LogP contribution in [0, 0.1) is 0 Å². The van der Waals surface area contributed by atoms with Crippen LogP contribution in [-0.4, -0.2) is 23.2 Å². The molecule has 1 fully saturated rings. The van der Waals surface area contributed by atoms with Crippen molar-refractivity contribution in [1.82, 2.24) is 4.57 Å². The normalized spacial score (nSPS) is 17.1. The van der Waals surface area contributed by atoms with E-state index in [4.69, 9.17) is 4.74 Å². The van der Waals surface area contributed by atoms with Gasteiger partial charge in [-0.15, -0.1) is 0 Å². The first-order valence-corrected chi connectivity index (χ1v) is 7.87. The number of rotatable bonds is 5. The van der Waals surface area contributed by atoms with Gasteiger partial charge in [-0.3, -0.25) is 9.59 Å². The van der Waals surface area contributed by atoms with E-state index in [1.165, 1.54) is 0 Å². The molecule has 1 aliphatic rings. The third kappa shape index (κ3) is 4.07. The molecule has 1 saturated heterocycles. The molecule has 120 valence electrons. The highest BCUT2D eigenvalue weighted by Gasteiger charge is 2.19. The molecule has 1 aromatic heterocycles. The maximum atomic E-state index is 12.5. The Balaban J connectivity index is 1.69. The molecule has 2 aromatic rings. The Morgan fingerprint density at radius 1 is 1.22 bits per heavy atom. The van der Waals surface area contributed by atoms with E-state index in [1.807, 2.05) is 30.3 Å². The number of carbonyl (C=O) groups is 1. The number of ether oxygens (including phenoxy) is 1. The van der Waals surface area contributed by atoms with Crippen LogP contribution in [0.25, 0.3) is 0 Å². The maximum absolute atomic E-state index is 12.5. The van der Waals surface area contributed by atoms with E-state index < -0.39 is 0 Å². The summed E-state index contributed by atoms with van der Waals surface area (Å²) >= 11 is 0. The standard InChI is InChI=1S/C18H20N2O3/c21-17(12-15-8-5-11-23-15)19-16-9-4-10-20(18(16)22)13-14-6-2-1-3-7-14/h1-4,6-7,9-10,15H,5,8,11-13H2,(H,19,21)/t15-/m1/s1. The molecule has 0 unspecified atom stereocenters. The van der Waals surface area contributed by atoms with Crippen molar-refractivity contribution >= 4 is 11.6 Å². The number of amides is 1. The molecule has 0 spiro atoms. The minimum absolute atomic E-state index is 0.0229. The van der Waals surface area contributed by atoms with Gasteiger partial charge < -0.3 is 14.6 Å². The number of pyridine rings is 1. The zero-order chi connectivity index (χ0) is 16.1. The van der Waals surface area contributed by atoms with E-state index in [0.717, 1.165) is 18.4 Å². The van der Waals surface area contributed by atoms with Gasteiger partial charge in [0.1, 0.15) is 5.69 Å². The summed E-state index contributed by atoms with van der Waals surface area (Å²) in [5, 5.41) is 2.71. The molecule has 0 radical (unpaired) electrons. The molecule has 3 rings (SSSR count). The second-order valence-electron chi connectivity index (χ2n) is 5.73. The minimum Gasteiger partial charge on any atom is -0.378 e. The van der Waals surface area contributed by atoms with Gasteiger partial charge in [-0.05, 0) is 30.5 Å². The quantitative estimate of drug-likeness (QED) is 0.922. The molecule has 2 heterocycles. The first kappa shape index (κ1) is 15.5. The lowest BCUT2D eigenvalue weighted by Crippen LogP contribution is -2.27. The molecule has 0 bridgehead atoms. The van der Waals surface area contributed by atoms with Gasteiger partial charge in [0.25, 0.3) is 5.56 Å². The van der Waals surface area contributed by atoms with E-state index >= 15 is 0 Å². The van der Waals surface area contributed by atoms with Gasteiger partial charge in [0.2, 0.25) is 5.91 Å². The number of hydrogen-bond acceptors (Lipinski definition) is 3. The summed E-state index contributed by atoms with van der Waals surface area (Å²) in [5.74, 6) is -0.175. The molecule has 0 saturated carbocycles. The number of nitrogens with one attached hydrogen (secondary N) is 1. The molecule has 1 amide bonds. The summed E-state index contributed by atoms with van der Waals surface area (Å²) in [6.45, 7) is 1.20. The van der Waals surface area contributed by atoms with E-state index in [9.17, 15) is 9.59 Å². The van der Waals surface area contributed by atoms with Crippen LogP contribution in [0.4, 0.5) is 5.69 Å². The molecular formula is C18H20N2O3. The van der Waals surface area contributed by atoms with Gasteiger partial charge in [-0.1, -0.05) is 30.3 Å². The van der Waals surface area contributed by atoms with Gasteiger partial charge in [0, 0.05) is 12.8 Å². The Morgan fingerprint density at radius 3 is 2.78 bits per heavy atom. The van der Waals surface area contributed by atoms with E-state index in [1.54, 1.807) is 22.9 Å². The Kier molecular flexibility index (Phi) is 4.88. The third-order valence-corrected chi connectivity index (χ3v) is 3.93. The fourth-order valence-electron chi connectivity index (χ4n) is 2.75. The van der Waals surface area contributed by atoms with Crippen LogP contribution < -0.4 is 10.9 Å². The number of anilines is 1. The average molecular weight is 312 g/mol. The first-order valence-electron chi connectivity index (χ1n) is 7.87. The number of hydrogen-bond donors (Lipinski definition) is 1. The van der Waals surface area contributed by atoms with Gasteiger partial charge in [-0.25, -0.2) is 0 Å². The zero-order valence-corrected chi connectivity index (χ0v) is 12.9. The van der Waals surface area contributed by atoms with E-state index in [-0.39, 0.29) is 17.6 Å². The number of carbonyl (C=O) groups excluding carboxylic acids is 1. The third-order valence-electron chi connectivity index (χ3n) is 3.93. The zero-order valence-electron chi connectivity index (χ0n) is 12.9. The van der Waals surface area contributed by atoms with Crippen molar-refractivity contribution in [2.45, 2.75) is 31.9 Å². The molecule has 5 nitrogen and oxygen atoms in total. The number of benzene rings is 1. The summed E-state index contributed by atoms with van der Waals surface area (Å²) in [5.41, 5.74) is 1.15. The van der Waals surface area contributed by atoms with Crippen LogP contribution in [-0.2, 0) is 16.1 Å². The Labute approximate surface area is 134 Å². The molecule has 0 aliphatic carbocycles. The Hall–Kier alpha value is -2.40. The van der Waals surface area contributed by atoms with Crippen molar-refractivity contribution in [2.75, 3.05) is 11.9 Å². The second-order valence-corrected chi connectivity index (χ2v) is 5.73. The highest BCUT2D eigenvalue weighted by molar-refractivity contribution is 5.90. The van der Waals surface area contributed by atoms with Crippen molar-refractivity contribution in [3.8, 4) is 0 Å². The van der Waals surface area contributed by atoms with Gasteiger partial charge in [-0.2, -0.15) is 0 Å². The van der Waals surface area contributed by atoms with Crippen LogP contribution in [0.2, 0.25) is 0 Å². The smallest absolute Gasteiger partial charge is 0.274 e. The Morgan fingerprint density at radius 2 is 2.04 bits per heavy atom. The lowest BCUT2D eigenvalue weighted by molar-refractivity contribution is -0.118. The van der Waals surface area contributed by atoms with Crippen molar-refractivity contribution in [3.63, 3.8) is 0 Å².